The fourth-order valence-electron chi connectivity index (χ4n) is 0.588. The highest BCUT2D eigenvalue weighted by atomic mass is 16.3. The number of aromatic hydroxyl groups is 2. The summed E-state index contributed by atoms with van der Waals surface area (Å²) in [5, 5.41) is 17.7. The minimum Gasteiger partial charge on any atom is -0.508 e. The van der Waals surface area contributed by atoms with Crippen LogP contribution in [0.3, 0.4) is 0 Å². The van der Waals surface area contributed by atoms with E-state index in [4.69, 9.17) is 10.2 Å². The van der Waals surface area contributed by atoms with E-state index in [9.17, 15) is 0 Å². The van der Waals surface area contributed by atoms with Crippen LogP contribution in [0.25, 0.3) is 0 Å². The molecule has 1 aromatic carbocycles. The van der Waals surface area contributed by atoms with Crippen LogP contribution in [0.1, 0.15) is 5.56 Å². The van der Waals surface area contributed by atoms with Gasteiger partial charge < -0.3 is 10.2 Å². The zero-order valence-electron chi connectivity index (χ0n) is 5.05. The minimum atomic E-state index is 0.0906. The third-order valence-electron chi connectivity index (χ3n) is 1.09. The van der Waals surface area contributed by atoms with Crippen molar-refractivity contribution in [1.82, 2.24) is 0 Å². The Balaban J connectivity index is 3.17. The van der Waals surface area contributed by atoms with Crippen molar-refractivity contribution in [3.63, 3.8) is 0 Å². The fraction of sp³-hybridized carbons (Fsp3) is 0.143. The molecule has 2 heteroatoms. The number of hydrogen-bond donors (Lipinski definition) is 2. The predicted octanol–water partition coefficient (Wildman–Crippen LogP) is 1.21. The average Bonchev–Trinajstić information content (AvgIpc) is 1.80. The van der Waals surface area contributed by atoms with Crippen LogP contribution >= 0.6 is 0 Å². The molecule has 1 aromatic rings. The van der Waals surface area contributed by atoms with Gasteiger partial charge in [-0.1, -0.05) is 0 Å². The van der Waals surface area contributed by atoms with Crippen molar-refractivity contribution >= 4 is 0 Å². The van der Waals surface area contributed by atoms with Gasteiger partial charge >= 0.3 is 0 Å². The predicted molar refractivity (Wildman–Crippen MR) is 33.3 cm³/mol. The molecular weight excluding hydrogens is 116 g/mol. The molecule has 1 radical (unpaired) electrons. The molecule has 0 bridgehead atoms. The van der Waals surface area contributed by atoms with Crippen LogP contribution in [0, 0.1) is 13.0 Å². The SMILES string of the molecule is Cc1cc(O)c[c]c1O. The summed E-state index contributed by atoms with van der Waals surface area (Å²) in [7, 11) is 0. The van der Waals surface area contributed by atoms with Crippen LogP contribution in [0.15, 0.2) is 12.1 Å². The fourth-order valence-corrected chi connectivity index (χ4v) is 0.588. The zero-order valence-corrected chi connectivity index (χ0v) is 5.05. The van der Waals surface area contributed by atoms with E-state index in [1.807, 2.05) is 0 Å². The van der Waals surface area contributed by atoms with E-state index in [1.54, 1.807) is 6.92 Å². The zero-order chi connectivity index (χ0) is 6.85. The molecule has 0 unspecified atom stereocenters. The first kappa shape index (κ1) is 5.95. The molecule has 0 aliphatic rings. The topological polar surface area (TPSA) is 40.5 Å². The molecule has 47 valence electrons. The quantitative estimate of drug-likeness (QED) is 0.509. The minimum absolute atomic E-state index is 0.0906. The average molecular weight is 123 g/mol. The maximum absolute atomic E-state index is 8.88. The Bertz CT molecular complexity index is 218. The van der Waals surface area contributed by atoms with Gasteiger partial charge in [-0.2, -0.15) is 0 Å². The molecule has 0 spiro atoms. The van der Waals surface area contributed by atoms with Crippen LogP contribution in [-0.2, 0) is 0 Å². The summed E-state index contributed by atoms with van der Waals surface area (Å²) in [6.07, 6.45) is 0. The van der Waals surface area contributed by atoms with Gasteiger partial charge in [-0.3, -0.25) is 0 Å². The summed E-state index contributed by atoms with van der Waals surface area (Å²) >= 11 is 0. The Morgan fingerprint density at radius 1 is 1.44 bits per heavy atom. The Labute approximate surface area is 53.4 Å². The Kier molecular flexibility index (Phi) is 1.30. The molecule has 0 saturated carbocycles. The van der Waals surface area contributed by atoms with Gasteiger partial charge in [0, 0.05) is 6.07 Å². The molecule has 0 atom stereocenters. The lowest BCUT2D eigenvalue weighted by Crippen LogP contribution is -1.72. The first-order valence-electron chi connectivity index (χ1n) is 2.60. The largest absolute Gasteiger partial charge is 0.508 e. The number of benzene rings is 1. The number of rotatable bonds is 0. The third kappa shape index (κ3) is 1.13. The molecule has 2 nitrogen and oxygen atoms in total. The van der Waals surface area contributed by atoms with Crippen LogP contribution in [-0.4, -0.2) is 10.2 Å². The van der Waals surface area contributed by atoms with E-state index >= 15 is 0 Å². The maximum Gasteiger partial charge on any atom is 0.126 e. The smallest absolute Gasteiger partial charge is 0.126 e. The van der Waals surface area contributed by atoms with Crippen molar-refractivity contribution in [2.24, 2.45) is 0 Å². The summed E-state index contributed by atoms with van der Waals surface area (Å²) in [5.41, 5.74) is 0.634. The third-order valence-corrected chi connectivity index (χ3v) is 1.09. The van der Waals surface area contributed by atoms with Gasteiger partial charge in [0.25, 0.3) is 0 Å². The van der Waals surface area contributed by atoms with E-state index < -0.39 is 0 Å². The standard InChI is InChI=1S/C7H7O2/c1-5-4-6(8)2-3-7(5)9/h2,4,8-9H,1H3. The van der Waals surface area contributed by atoms with Gasteiger partial charge in [-0.25, -0.2) is 0 Å². The lowest BCUT2D eigenvalue weighted by molar-refractivity contribution is 0.455. The molecule has 0 aliphatic heterocycles. The molecular formula is C7H7O2. The van der Waals surface area contributed by atoms with Gasteiger partial charge in [0.05, 0.1) is 0 Å². The van der Waals surface area contributed by atoms with E-state index in [-0.39, 0.29) is 11.5 Å². The van der Waals surface area contributed by atoms with Crippen molar-refractivity contribution in [3.8, 4) is 11.5 Å². The molecule has 0 amide bonds. The van der Waals surface area contributed by atoms with Crippen molar-refractivity contribution in [2.45, 2.75) is 6.92 Å². The summed E-state index contributed by atoms with van der Waals surface area (Å²) in [6.45, 7) is 1.70. The monoisotopic (exact) mass is 123 g/mol. The van der Waals surface area contributed by atoms with E-state index in [0.717, 1.165) is 0 Å². The van der Waals surface area contributed by atoms with Crippen LogP contribution in [0.2, 0.25) is 0 Å². The number of phenolic OH excluding ortho intramolecular Hbond substituents is 2. The van der Waals surface area contributed by atoms with Crippen LogP contribution in [0.4, 0.5) is 0 Å². The highest BCUT2D eigenvalue weighted by molar-refractivity contribution is 5.36. The van der Waals surface area contributed by atoms with Gasteiger partial charge in [0.1, 0.15) is 11.5 Å². The van der Waals surface area contributed by atoms with Crippen LogP contribution < -0.4 is 0 Å². The summed E-state index contributed by atoms with van der Waals surface area (Å²) in [5.74, 6) is 0.220. The second-order valence-corrected chi connectivity index (χ2v) is 1.89. The van der Waals surface area contributed by atoms with Crippen molar-refractivity contribution in [2.75, 3.05) is 0 Å². The molecule has 9 heavy (non-hydrogen) atoms. The van der Waals surface area contributed by atoms with E-state index in [0.29, 0.717) is 5.56 Å². The highest BCUT2D eigenvalue weighted by Crippen LogP contribution is 2.19. The Hall–Kier alpha value is -1.18. The molecule has 1 rings (SSSR count). The number of hydrogen-bond acceptors (Lipinski definition) is 2. The highest BCUT2D eigenvalue weighted by Gasteiger charge is 1.94. The lowest BCUT2D eigenvalue weighted by Gasteiger charge is -1.95. The van der Waals surface area contributed by atoms with Crippen molar-refractivity contribution < 1.29 is 10.2 Å². The first-order valence-corrected chi connectivity index (χ1v) is 2.60. The van der Waals surface area contributed by atoms with Gasteiger partial charge in [0.2, 0.25) is 0 Å². The molecule has 0 fully saturated rings. The molecule has 0 aromatic heterocycles. The van der Waals surface area contributed by atoms with E-state index in [2.05, 4.69) is 6.07 Å². The van der Waals surface area contributed by atoms with Gasteiger partial charge in [-0.15, -0.1) is 0 Å². The Morgan fingerprint density at radius 3 is 2.56 bits per heavy atom. The summed E-state index contributed by atoms with van der Waals surface area (Å²) in [4.78, 5) is 0. The normalized spacial score (nSPS) is 9.44. The molecule has 0 heterocycles. The molecule has 0 saturated heterocycles. The van der Waals surface area contributed by atoms with Crippen LogP contribution in [0.5, 0.6) is 11.5 Å². The second-order valence-electron chi connectivity index (χ2n) is 1.89. The van der Waals surface area contributed by atoms with Crippen molar-refractivity contribution in [1.29, 1.82) is 0 Å². The molecule has 2 N–H and O–H groups in total. The number of aryl methyl sites for hydroxylation is 1. The second kappa shape index (κ2) is 1.97. The Morgan fingerprint density at radius 2 is 2.11 bits per heavy atom. The first-order chi connectivity index (χ1) is 4.20. The van der Waals surface area contributed by atoms with E-state index in [1.165, 1.54) is 12.1 Å². The van der Waals surface area contributed by atoms with Gasteiger partial charge in [0.15, 0.2) is 0 Å². The summed E-state index contributed by atoms with van der Waals surface area (Å²) < 4.78 is 0. The number of phenols is 2. The van der Waals surface area contributed by atoms with Crippen molar-refractivity contribution in [3.05, 3.63) is 23.8 Å². The molecule has 0 aliphatic carbocycles. The van der Waals surface area contributed by atoms with Gasteiger partial charge in [-0.05, 0) is 24.6 Å². The lowest BCUT2D eigenvalue weighted by atomic mass is 10.2. The maximum atomic E-state index is 8.88. The summed E-state index contributed by atoms with van der Waals surface area (Å²) in [6, 6.07) is 5.27.